The van der Waals surface area contributed by atoms with Crippen molar-refractivity contribution in [1.29, 1.82) is 0 Å². The number of nitrogens with zero attached hydrogens (tertiary/aromatic N) is 3. The first-order chi connectivity index (χ1) is 18.5. The Morgan fingerprint density at radius 1 is 1.03 bits per heavy atom. The number of thiophene rings is 2. The number of carbonyl (C=O) groups excluding carboxylic acids is 1. The maximum atomic E-state index is 12.9. The van der Waals surface area contributed by atoms with E-state index >= 15 is 0 Å². The zero-order valence-corrected chi connectivity index (χ0v) is 23.0. The number of aliphatic imine (C=N–C) groups is 1. The van der Waals surface area contributed by atoms with Crippen molar-refractivity contribution < 1.29 is 14.6 Å². The van der Waals surface area contributed by atoms with Crippen LogP contribution in [0.25, 0.3) is 21.2 Å². The van der Waals surface area contributed by atoms with Gasteiger partial charge in [-0.25, -0.2) is 9.79 Å². The highest BCUT2D eigenvalue weighted by molar-refractivity contribution is 7.16. The number of aromatic hydroxyl groups is 1. The van der Waals surface area contributed by atoms with Crippen LogP contribution in [0.4, 0.5) is 16.4 Å². The molecule has 0 aliphatic heterocycles. The molecule has 10 heteroatoms. The Morgan fingerprint density at radius 3 is 2.63 bits per heavy atom. The van der Waals surface area contributed by atoms with Crippen molar-refractivity contribution in [3.63, 3.8) is 0 Å². The van der Waals surface area contributed by atoms with E-state index in [0.717, 1.165) is 21.2 Å². The van der Waals surface area contributed by atoms with Crippen LogP contribution in [-0.2, 0) is 4.74 Å². The van der Waals surface area contributed by atoms with Crippen molar-refractivity contribution in [1.82, 2.24) is 0 Å². The standard InChI is InChI=1S/C28H19Cl2N3O3S2/c1-2-36-28(35)25-20(24-8-5-11-37-24)15-38-27(25)31-14-19-18-7-4-3-6-16(18)12-23(26(19)34)33-32-22-13-17(29)9-10-21(22)30/h3-15,34H,2H2,1H3/b31-14+,33-32?. The molecule has 0 bridgehead atoms. The maximum Gasteiger partial charge on any atom is 0.341 e. The highest BCUT2D eigenvalue weighted by Crippen LogP contribution is 2.41. The van der Waals surface area contributed by atoms with Crippen LogP contribution in [0.2, 0.25) is 10.0 Å². The lowest BCUT2D eigenvalue weighted by atomic mass is 10.0. The molecule has 0 saturated carbocycles. The molecule has 2 aromatic heterocycles. The topological polar surface area (TPSA) is 83.6 Å². The van der Waals surface area contributed by atoms with Crippen molar-refractivity contribution in [2.45, 2.75) is 6.92 Å². The Bertz CT molecular complexity index is 1700. The lowest BCUT2D eigenvalue weighted by Crippen LogP contribution is -2.04. The molecular weight excluding hydrogens is 561 g/mol. The number of fused-ring (bicyclic) bond motifs is 1. The molecule has 6 nitrogen and oxygen atoms in total. The van der Waals surface area contributed by atoms with Gasteiger partial charge in [0.15, 0.2) is 5.75 Å². The predicted octanol–water partition coefficient (Wildman–Crippen LogP) is 9.98. The molecule has 0 spiro atoms. The summed E-state index contributed by atoms with van der Waals surface area (Å²) >= 11 is 15.1. The van der Waals surface area contributed by atoms with E-state index in [4.69, 9.17) is 27.9 Å². The summed E-state index contributed by atoms with van der Waals surface area (Å²) in [5, 5.41) is 26.4. The highest BCUT2D eigenvalue weighted by Gasteiger charge is 2.22. The van der Waals surface area contributed by atoms with Gasteiger partial charge in [0, 0.05) is 32.6 Å². The molecule has 3 aromatic carbocycles. The quantitative estimate of drug-likeness (QED) is 0.118. The van der Waals surface area contributed by atoms with E-state index in [-0.39, 0.29) is 18.0 Å². The van der Waals surface area contributed by atoms with E-state index in [1.807, 2.05) is 47.2 Å². The summed E-state index contributed by atoms with van der Waals surface area (Å²) in [4.78, 5) is 18.5. The number of rotatable bonds is 7. The third-order valence-electron chi connectivity index (χ3n) is 5.56. The summed E-state index contributed by atoms with van der Waals surface area (Å²) in [6, 6.07) is 18.0. The van der Waals surface area contributed by atoms with Crippen LogP contribution in [0.15, 0.2) is 86.6 Å². The Labute approximate surface area is 236 Å². The second kappa shape index (κ2) is 11.4. The number of hydrogen-bond acceptors (Lipinski definition) is 8. The first kappa shape index (κ1) is 26.1. The van der Waals surface area contributed by atoms with Crippen LogP contribution >= 0.6 is 45.9 Å². The van der Waals surface area contributed by atoms with Crippen molar-refractivity contribution in [3.05, 3.63) is 92.6 Å². The second-order valence-corrected chi connectivity index (χ2v) is 10.6. The van der Waals surface area contributed by atoms with E-state index in [2.05, 4.69) is 15.2 Å². The number of phenolic OH excluding ortho intramolecular Hbond substituents is 1. The predicted molar refractivity (Wildman–Crippen MR) is 157 cm³/mol. The molecule has 190 valence electrons. The molecule has 0 saturated heterocycles. The number of ether oxygens (including phenoxy) is 1. The molecule has 0 atom stereocenters. The Hall–Kier alpha value is -3.56. The number of phenols is 1. The lowest BCUT2D eigenvalue weighted by Gasteiger charge is -2.08. The number of halogens is 2. The van der Waals surface area contributed by atoms with Crippen LogP contribution in [0.1, 0.15) is 22.8 Å². The molecule has 0 fully saturated rings. The summed E-state index contributed by atoms with van der Waals surface area (Å²) in [5.41, 5.74) is 2.21. The van der Waals surface area contributed by atoms with E-state index in [0.29, 0.717) is 31.9 Å². The minimum atomic E-state index is -0.445. The van der Waals surface area contributed by atoms with Gasteiger partial charge >= 0.3 is 5.97 Å². The Balaban J connectivity index is 1.60. The molecule has 0 radical (unpaired) electrons. The van der Waals surface area contributed by atoms with Gasteiger partial charge in [-0.1, -0.05) is 53.5 Å². The summed E-state index contributed by atoms with van der Waals surface area (Å²) in [6.45, 7) is 2.01. The number of hydrogen-bond donors (Lipinski definition) is 1. The van der Waals surface area contributed by atoms with Crippen LogP contribution < -0.4 is 0 Å². The van der Waals surface area contributed by atoms with E-state index in [9.17, 15) is 9.90 Å². The van der Waals surface area contributed by atoms with E-state index < -0.39 is 5.97 Å². The average Bonchev–Trinajstić information content (AvgIpc) is 3.59. The largest absolute Gasteiger partial charge is 0.505 e. The zero-order chi connectivity index (χ0) is 26.6. The van der Waals surface area contributed by atoms with E-state index in [1.54, 1.807) is 31.2 Å². The van der Waals surface area contributed by atoms with Gasteiger partial charge in [0.2, 0.25) is 0 Å². The van der Waals surface area contributed by atoms with Gasteiger partial charge < -0.3 is 9.84 Å². The first-order valence-corrected chi connectivity index (χ1v) is 14.0. The fourth-order valence-electron chi connectivity index (χ4n) is 3.81. The average molecular weight is 581 g/mol. The molecular formula is C28H19Cl2N3O3S2. The maximum absolute atomic E-state index is 12.9. The smallest absolute Gasteiger partial charge is 0.341 e. The van der Waals surface area contributed by atoms with Gasteiger partial charge in [-0.2, -0.15) is 0 Å². The number of benzene rings is 3. The molecule has 0 aliphatic rings. The lowest BCUT2D eigenvalue weighted by molar-refractivity contribution is 0.0529. The third-order valence-corrected chi connectivity index (χ3v) is 7.91. The van der Waals surface area contributed by atoms with Crippen LogP contribution in [0.3, 0.4) is 0 Å². The molecule has 5 aromatic rings. The van der Waals surface area contributed by atoms with E-state index in [1.165, 1.54) is 28.9 Å². The number of azo groups is 1. The van der Waals surface area contributed by atoms with Crippen LogP contribution in [-0.4, -0.2) is 23.9 Å². The summed E-state index contributed by atoms with van der Waals surface area (Å²) < 4.78 is 5.32. The van der Waals surface area contributed by atoms with Crippen molar-refractivity contribution in [2.24, 2.45) is 15.2 Å². The van der Waals surface area contributed by atoms with Crippen LogP contribution in [0, 0.1) is 0 Å². The fraction of sp³-hybridized carbons (Fsp3) is 0.0714. The Kier molecular flexibility index (Phi) is 7.85. The fourth-order valence-corrected chi connectivity index (χ4v) is 5.85. The normalized spacial score (nSPS) is 11.7. The molecule has 0 aliphatic carbocycles. The van der Waals surface area contributed by atoms with Crippen molar-refractivity contribution in [3.8, 4) is 16.2 Å². The van der Waals surface area contributed by atoms with Gasteiger partial charge in [0.25, 0.3) is 0 Å². The molecule has 1 N–H and O–H groups in total. The molecule has 2 heterocycles. The van der Waals surface area contributed by atoms with Crippen molar-refractivity contribution in [2.75, 3.05) is 6.61 Å². The first-order valence-electron chi connectivity index (χ1n) is 11.4. The Morgan fingerprint density at radius 2 is 1.84 bits per heavy atom. The summed E-state index contributed by atoms with van der Waals surface area (Å²) in [7, 11) is 0. The molecule has 38 heavy (non-hydrogen) atoms. The second-order valence-electron chi connectivity index (χ2n) is 7.96. The van der Waals surface area contributed by atoms with Gasteiger partial charge in [-0.15, -0.1) is 32.9 Å². The van der Waals surface area contributed by atoms with Gasteiger partial charge in [-0.05, 0) is 53.4 Å². The van der Waals surface area contributed by atoms with Crippen LogP contribution in [0.5, 0.6) is 5.75 Å². The van der Waals surface area contributed by atoms with Gasteiger partial charge in [0.05, 0.1) is 11.6 Å². The summed E-state index contributed by atoms with van der Waals surface area (Å²) in [6.07, 6.45) is 1.54. The minimum absolute atomic E-state index is 0.109. The minimum Gasteiger partial charge on any atom is -0.505 e. The van der Waals surface area contributed by atoms with Gasteiger partial charge in [-0.3, -0.25) is 0 Å². The number of carbonyl (C=O) groups is 1. The zero-order valence-electron chi connectivity index (χ0n) is 19.9. The summed E-state index contributed by atoms with van der Waals surface area (Å²) in [5.74, 6) is -0.554. The molecule has 5 rings (SSSR count). The van der Waals surface area contributed by atoms with Gasteiger partial charge in [0.1, 0.15) is 21.9 Å². The molecule has 0 unspecified atom stereocenters. The highest BCUT2D eigenvalue weighted by atomic mass is 35.5. The number of esters is 1. The monoisotopic (exact) mass is 579 g/mol. The van der Waals surface area contributed by atoms with Crippen molar-refractivity contribution >= 4 is 85.2 Å². The molecule has 0 amide bonds. The SMILES string of the molecule is CCOC(=O)c1c(-c2cccs2)csc1/N=C/c1c(O)c(N=Nc2cc(Cl)ccc2Cl)cc2ccccc12. The third kappa shape index (κ3) is 5.35.